The Labute approximate surface area is 251 Å². The van der Waals surface area contributed by atoms with Crippen molar-refractivity contribution in [3.05, 3.63) is 137 Å². The number of hydrogen-bond acceptors (Lipinski definition) is 4. The fourth-order valence-corrected chi connectivity index (χ4v) is 4.71. The van der Waals surface area contributed by atoms with Crippen LogP contribution in [0.1, 0.15) is 69.6 Å². The summed E-state index contributed by atoms with van der Waals surface area (Å²) in [5.41, 5.74) is 2.45. The fraction of sp³-hybridized carbons (Fsp3) is 0.324. The zero-order valence-electron chi connectivity index (χ0n) is 23.8. The van der Waals surface area contributed by atoms with Gasteiger partial charge in [0, 0.05) is 41.4 Å². The van der Waals surface area contributed by atoms with E-state index in [0.29, 0.717) is 19.6 Å². The van der Waals surface area contributed by atoms with Crippen LogP contribution in [0.15, 0.2) is 91.0 Å². The molecule has 3 aromatic rings. The van der Waals surface area contributed by atoms with E-state index in [1.807, 2.05) is 95.9 Å². The van der Waals surface area contributed by atoms with Gasteiger partial charge in [-0.15, -0.1) is 0 Å². The van der Waals surface area contributed by atoms with Crippen LogP contribution in [-0.4, -0.2) is 39.9 Å². The number of benzene rings is 3. The molecule has 0 amide bonds. The largest absolute Gasteiger partial charge is 0.387 e. The normalized spacial score (nSPS) is 17.8. The molecule has 205 valence electrons. The summed E-state index contributed by atoms with van der Waals surface area (Å²) < 4.78 is 0. The smallest absolute Gasteiger partial charge is 0.0916 e. The van der Waals surface area contributed by atoms with Crippen LogP contribution in [-0.2, 0) is 21.7 Å². The second-order valence-electron chi connectivity index (χ2n) is 10.1. The van der Waals surface area contributed by atoms with Crippen molar-refractivity contribution in [2.75, 3.05) is 19.6 Å². The summed E-state index contributed by atoms with van der Waals surface area (Å²) in [6, 6.07) is 28.3. The Bertz CT molecular complexity index is 894. The Balaban J connectivity index is 0.000000410. The number of rotatable bonds is 9. The topological polar surface area (TPSA) is 63.9 Å². The predicted molar refractivity (Wildman–Crippen MR) is 155 cm³/mol. The van der Waals surface area contributed by atoms with Gasteiger partial charge < -0.3 is 15.3 Å². The second kappa shape index (κ2) is 16.5. The predicted octanol–water partition coefficient (Wildman–Crippen LogP) is 6.46. The summed E-state index contributed by atoms with van der Waals surface area (Å²) in [6.07, 6.45) is -2.11. The van der Waals surface area contributed by atoms with Crippen molar-refractivity contribution in [1.29, 1.82) is 0 Å². The minimum absolute atomic E-state index is 0. The molecule has 3 N–H and O–H groups in total. The summed E-state index contributed by atoms with van der Waals surface area (Å²) in [6.45, 7) is 11.9. The third kappa shape index (κ3) is 9.67. The van der Waals surface area contributed by atoms with Crippen LogP contribution in [0.2, 0.25) is 0 Å². The molecule has 0 heterocycles. The summed E-state index contributed by atoms with van der Waals surface area (Å²) in [5.74, 6) is 7.34. The van der Waals surface area contributed by atoms with Gasteiger partial charge in [0.15, 0.2) is 0 Å². The van der Waals surface area contributed by atoms with E-state index in [4.69, 9.17) is 0 Å². The van der Waals surface area contributed by atoms with Crippen molar-refractivity contribution in [2.24, 2.45) is 0 Å². The molecule has 3 aromatic carbocycles. The third-order valence-corrected chi connectivity index (χ3v) is 7.66. The van der Waals surface area contributed by atoms with E-state index >= 15 is 0 Å². The first-order chi connectivity index (χ1) is 18.2. The Morgan fingerprint density at radius 3 is 0.846 bits per heavy atom. The van der Waals surface area contributed by atoms with Crippen molar-refractivity contribution in [3.8, 4) is 0 Å². The van der Waals surface area contributed by atoms with E-state index in [9.17, 15) is 15.3 Å². The van der Waals surface area contributed by atoms with Crippen molar-refractivity contribution >= 4 is 0 Å². The van der Waals surface area contributed by atoms with E-state index in [1.165, 1.54) is 29.6 Å². The van der Waals surface area contributed by atoms with Gasteiger partial charge >= 0.3 is 0 Å². The molecule has 0 bridgehead atoms. The van der Waals surface area contributed by atoms with Gasteiger partial charge in [0.05, 0.1) is 18.3 Å². The first-order valence-electron chi connectivity index (χ1n) is 13.3. The van der Waals surface area contributed by atoms with E-state index in [2.05, 4.69) is 34.6 Å². The molecule has 4 rings (SSSR count). The Kier molecular flexibility index (Phi) is 14.1. The standard InChI is InChI=1S/C24H27NO3.C10H15.Ti/c26-22(19-10-4-1-5-11-19)16-25(17-23(27)20-12-6-2-7-13-20)18-24(28)21-14-8-3-9-15-21;1-6-7(2)9(4)10(5)8(6)3;/h1-15,22-24,26-28H,16-18H2;1-5H3;/t22-,23-,24-;;/m0../s1. The Morgan fingerprint density at radius 1 is 0.436 bits per heavy atom. The average Bonchev–Trinajstić information content (AvgIpc) is 3.12. The van der Waals surface area contributed by atoms with Crippen molar-refractivity contribution in [3.63, 3.8) is 0 Å². The minimum atomic E-state index is -0.702. The van der Waals surface area contributed by atoms with E-state index in [-0.39, 0.29) is 21.7 Å². The molecule has 5 heteroatoms. The van der Waals surface area contributed by atoms with Crippen LogP contribution in [0.25, 0.3) is 0 Å². The monoisotopic (exact) mass is 560 g/mol. The molecule has 0 saturated heterocycles. The fourth-order valence-electron chi connectivity index (χ4n) is 4.71. The van der Waals surface area contributed by atoms with Crippen molar-refractivity contribution in [1.82, 2.24) is 4.90 Å². The van der Waals surface area contributed by atoms with Gasteiger partial charge in [0.1, 0.15) is 0 Å². The molecule has 4 nitrogen and oxygen atoms in total. The van der Waals surface area contributed by atoms with Crippen LogP contribution in [0.5, 0.6) is 0 Å². The van der Waals surface area contributed by atoms with Gasteiger partial charge in [0.2, 0.25) is 0 Å². The first-order valence-corrected chi connectivity index (χ1v) is 13.3. The molecule has 1 fully saturated rings. The van der Waals surface area contributed by atoms with E-state index in [1.54, 1.807) is 0 Å². The van der Waals surface area contributed by atoms with Crippen molar-refractivity contribution in [2.45, 2.75) is 52.9 Å². The molecule has 0 aliphatic heterocycles. The third-order valence-electron chi connectivity index (χ3n) is 7.66. The maximum Gasteiger partial charge on any atom is 0.0916 e. The molecule has 3 atom stereocenters. The number of aliphatic hydroxyl groups excluding tert-OH is 3. The van der Waals surface area contributed by atoms with Crippen LogP contribution >= 0.6 is 0 Å². The molecule has 1 aliphatic carbocycles. The zero-order chi connectivity index (χ0) is 27.7. The van der Waals surface area contributed by atoms with Crippen LogP contribution in [0.3, 0.4) is 0 Å². The minimum Gasteiger partial charge on any atom is -0.387 e. The van der Waals surface area contributed by atoms with E-state index < -0.39 is 18.3 Å². The average molecular weight is 561 g/mol. The van der Waals surface area contributed by atoms with Gasteiger partial charge in [-0.3, -0.25) is 4.90 Å². The molecule has 1 saturated carbocycles. The van der Waals surface area contributed by atoms with E-state index in [0.717, 1.165) is 16.7 Å². The molecule has 5 radical (unpaired) electrons. The van der Waals surface area contributed by atoms with Crippen LogP contribution in [0, 0.1) is 29.6 Å². The summed E-state index contributed by atoms with van der Waals surface area (Å²) in [5, 5.41) is 32.0. The number of nitrogens with zero attached hydrogens (tertiary/aromatic N) is 1. The van der Waals surface area contributed by atoms with Gasteiger partial charge in [0.25, 0.3) is 0 Å². The van der Waals surface area contributed by atoms with Crippen LogP contribution < -0.4 is 0 Å². The quantitative estimate of drug-likeness (QED) is 0.263. The maximum absolute atomic E-state index is 10.7. The van der Waals surface area contributed by atoms with Gasteiger partial charge in [-0.05, 0) is 46.3 Å². The SMILES string of the molecule is C[C]1[C](C)[C](C)[C](C)[C]1C.O[C@@H](CN(C[C@H](O)c1ccccc1)C[C@H](O)c1ccccc1)c1ccccc1.[Ti]. The molecule has 0 spiro atoms. The summed E-state index contributed by atoms with van der Waals surface area (Å²) >= 11 is 0. The second-order valence-corrected chi connectivity index (χ2v) is 10.1. The molecular formula is C34H42NO3Ti. The van der Waals surface area contributed by atoms with Crippen molar-refractivity contribution < 1.29 is 37.0 Å². The molecule has 0 aromatic heterocycles. The molecular weight excluding hydrogens is 518 g/mol. The maximum atomic E-state index is 10.7. The Hall–Kier alpha value is -1.79. The first kappa shape index (κ1) is 33.4. The number of hydrogen-bond donors (Lipinski definition) is 3. The van der Waals surface area contributed by atoms with Gasteiger partial charge in [-0.1, -0.05) is 126 Å². The van der Waals surface area contributed by atoms with Crippen LogP contribution in [0.4, 0.5) is 0 Å². The molecule has 1 aliphatic rings. The number of aliphatic hydroxyl groups is 3. The molecule has 0 unspecified atom stereocenters. The van der Waals surface area contributed by atoms with Gasteiger partial charge in [-0.25, -0.2) is 0 Å². The summed E-state index contributed by atoms with van der Waals surface area (Å²) in [7, 11) is 0. The molecule has 39 heavy (non-hydrogen) atoms. The summed E-state index contributed by atoms with van der Waals surface area (Å²) in [4.78, 5) is 1.91. The zero-order valence-corrected chi connectivity index (χ0v) is 25.4. The van der Waals surface area contributed by atoms with Gasteiger partial charge in [-0.2, -0.15) is 0 Å². The Morgan fingerprint density at radius 2 is 0.641 bits per heavy atom.